The summed E-state index contributed by atoms with van der Waals surface area (Å²) < 4.78 is 21.5. The smallest absolute Gasteiger partial charge is 0.214 e. The molecule has 2 N–H and O–H groups in total. The van der Waals surface area contributed by atoms with Gasteiger partial charge in [0.05, 0.1) is 0 Å². The maximum Gasteiger partial charge on any atom is 0.214 e. The van der Waals surface area contributed by atoms with E-state index in [1.54, 1.807) is 0 Å². The summed E-state index contributed by atoms with van der Waals surface area (Å²) in [6.45, 7) is 1.85. The molecular formula is C5H11N5O2S. The fourth-order valence-electron chi connectivity index (χ4n) is 1.14. The van der Waals surface area contributed by atoms with Crippen LogP contribution in [0, 0.1) is 0 Å². The van der Waals surface area contributed by atoms with Gasteiger partial charge >= 0.3 is 0 Å². The molecule has 13 heavy (non-hydrogen) atoms. The van der Waals surface area contributed by atoms with Crippen LogP contribution in [0.3, 0.4) is 0 Å². The van der Waals surface area contributed by atoms with Gasteiger partial charge in [-0.2, -0.15) is 0 Å². The Morgan fingerprint density at radius 3 is 2.69 bits per heavy atom. The fraction of sp³-hybridized carbons (Fsp3) is 1.00. The molecular weight excluding hydrogens is 194 g/mol. The Bertz CT molecular complexity index is 314. The Balaban J connectivity index is 2.23. The summed E-state index contributed by atoms with van der Waals surface area (Å²) in [5.41, 5.74) is 7.98. The molecule has 0 aliphatic carbocycles. The van der Waals surface area contributed by atoms with Crippen LogP contribution in [0.25, 0.3) is 10.4 Å². The van der Waals surface area contributed by atoms with E-state index in [1.165, 1.54) is 0 Å². The Morgan fingerprint density at radius 2 is 2.23 bits per heavy atom. The van der Waals surface area contributed by atoms with Gasteiger partial charge in [0, 0.05) is 31.1 Å². The van der Waals surface area contributed by atoms with Crippen LogP contribution in [-0.2, 0) is 10.0 Å². The SMILES string of the molecule is [N-]=[N+]=NCCN1CC(S(N)(=O)=O)C1. The highest BCUT2D eigenvalue weighted by Gasteiger charge is 2.34. The van der Waals surface area contributed by atoms with Crippen LogP contribution in [0.15, 0.2) is 5.11 Å². The molecule has 7 nitrogen and oxygen atoms in total. The molecule has 0 saturated carbocycles. The molecule has 0 bridgehead atoms. The highest BCUT2D eigenvalue weighted by atomic mass is 32.2. The Hall–Kier alpha value is -0.820. The number of hydrogen-bond acceptors (Lipinski definition) is 4. The summed E-state index contributed by atoms with van der Waals surface area (Å²) in [5.74, 6) is 0. The number of likely N-dealkylation sites (tertiary alicyclic amines) is 1. The second-order valence-corrected chi connectivity index (χ2v) is 4.77. The average Bonchev–Trinajstić information content (AvgIpc) is 1.91. The zero-order valence-corrected chi connectivity index (χ0v) is 7.81. The lowest BCUT2D eigenvalue weighted by Crippen LogP contribution is -2.56. The number of azide groups is 1. The maximum atomic E-state index is 10.8. The minimum absolute atomic E-state index is 0.369. The van der Waals surface area contributed by atoms with Gasteiger partial charge in [0.25, 0.3) is 0 Å². The van der Waals surface area contributed by atoms with Crippen molar-refractivity contribution in [3.63, 3.8) is 0 Å². The Kier molecular flexibility index (Phi) is 3.10. The third kappa shape index (κ3) is 2.85. The van der Waals surface area contributed by atoms with Crippen molar-refractivity contribution in [3.8, 4) is 0 Å². The summed E-state index contributed by atoms with van der Waals surface area (Å²) in [6.07, 6.45) is 0. The summed E-state index contributed by atoms with van der Waals surface area (Å²) >= 11 is 0. The second-order valence-electron chi connectivity index (χ2n) is 2.93. The number of nitrogens with zero attached hydrogens (tertiary/aromatic N) is 4. The molecule has 1 heterocycles. The molecule has 0 atom stereocenters. The van der Waals surface area contributed by atoms with Crippen molar-refractivity contribution in [3.05, 3.63) is 10.4 Å². The van der Waals surface area contributed by atoms with Gasteiger partial charge < -0.3 is 4.90 Å². The van der Waals surface area contributed by atoms with Crippen molar-refractivity contribution < 1.29 is 8.42 Å². The average molecular weight is 205 g/mol. The first-order chi connectivity index (χ1) is 6.04. The molecule has 8 heteroatoms. The highest BCUT2D eigenvalue weighted by Crippen LogP contribution is 2.12. The summed E-state index contributed by atoms with van der Waals surface area (Å²) in [4.78, 5) is 4.47. The number of rotatable bonds is 4. The number of sulfonamides is 1. The molecule has 0 amide bonds. The summed E-state index contributed by atoms with van der Waals surface area (Å²) in [7, 11) is -3.37. The first-order valence-corrected chi connectivity index (χ1v) is 5.40. The lowest BCUT2D eigenvalue weighted by Gasteiger charge is -2.37. The van der Waals surface area contributed by atoms with Crippen LogP contribution in [0.4, 0.5) is 0 Å². The molecule has 0 aromatic heterocycles. The molecule has 0 spiro atoms. The zero-order chi connectivity index (χ0) is 9.90. The lowest BCUT2D eigenvalue weighted by molar-refractivity contribution is 0.190. The van der Waals surface area contributed by atoms with Gasteiger partial charge in [-0.15, -0.1) is 0 Å². The standard InChI is InChI=1S/C5H11N5O2S/c6-9-8-1-2-10-3-5(4-10)13(7,11)12/h5H,1-4H2,(H2,7,11,12). The Labute approximate surface area is 76.2 Å². The van der Waals surface area contributed by atoms with Crippen molar-refractivity contribution >= 4 is 10.0 Å². The van der Waals surface area contributed by atoms with Gasteiger partial charge in [-0.25, -0.2) is 13.6 Å². The summed E-state index contributed by atoms with van der Waals surface area (Å²) in [6, 6.07) is 0. The molecule has 1 saturated heterocycles. The van der Waals surface area contributed by atoms with E-state index in [4.69, 9.17) is 10.7 Å². The van der Waals surface area contributed by atoms with Crippen molar-refractivity contribution in [1.82, 2.24) is 4.90 Å². The van der Waals surface area contributed by atoms with Crippen molar-refractivity contribution in [1.29, 1.82) is 0 Å². The van der Waals surface area contributed by atoms with E-state index in [9.17, 15) is 8.42 Å². The molecule has 1 fully saturated rings. The minimum Gasteiger partial charge on any atom is -0.300 e. The monoisotopic (exact) mass is 205 g/mol. The van der Waals surface area contributed by atoms with Gasteiger partial charge in [0.15, 0.2) is 0 Å². The zero-order valence-electron chi connectivity index (χ0n) is 7.00. The minimum atomic E-state index is -3.37. The van der Waals surface area contributed by atoms with E-state index < -0.39 is 15.3 Å². The van der Waals surface area contributed by atoms with Crippen LogP contribution < -0.4 is 5.14 Å². The predicted octanol–water partition coefficient (Wildman–Crippen LogP) is -0.731. The second kappa shape index (κ2) is 3.93. The maximum absolute atomic E-state index is 10.8. The number of hydrogen-bond donors (Lipinski definition) is 1. The van der Waals surface area contributed by atoms with Gasteiger partial charge in [-0.05, 0) is 5.53 Å². The normalized spacial score (nSPS) is 19.2. The van der Waals surface area contributed by atoms with Crippen molar-refractivity contribution in [2.75, 3.05) is 26.2 Å². The molecule has 0 aromatic rings. The van der Waals surface area contributed by atoms with Crippen LogP contribution in [0.2, 0.25) is 0 Å². The van der Waals surface area contributed by atoms with Gasteiger partial charge in [-0.1, -0.05) is 5.11 Å². The van der Waals surface area contributed by atoms with Crippen molar-refractivity contribution in [2.24, 2.45) is 10.3 Å². The van der Waals surface area contributed by atoms with Gasteiger partial charge in [-0.3, -0.25) is 0 Å². The first kappa shape index (κ1) is 10.3. The van der Waals surface area contributed by atoms with Crippen LogP contribution in [0.1, 0.15) is 0 Å². The molecule has 74 valence electrons. The largest absolute Gasteiger partial charge is 0.300 e. The highest BCUT2D eigenvalue weighted by molar-refractivity contribution is 7.89. The van der Waals surface area contributed by atoms with Crippen LogP contribution >= 0.6 is 0 Å². The topological polar surface area (TPSA) is 112 Å². The fourth-order valence-corrected chi connectivity index (χ4v) is 1.98. The van der Waals surface area contributed by atoms with E-state index in [2.05, 4.69) is 10.0 Å². The molecule has 0 radical (unpaired) electrons. The quantitative estimate of drug-likeness (QED) is 0.371. The van der Waals surface area contributed by atoms with Crippen LogP contribution in [0.5, 0.6) is 0 Å². The van der Waals surface area contributed by atoms with E-state index in [-0.39, 0.29) is 0 Å². The third-order valence-electron chi connectivity index (χ3n) is 1.97. The lowest BCUT2D eigenvalue weighted by atomic mass is 10.2. The van der Waals surface area contributed by atoms with E-state index in [1.807, 2.05) is 4.90 Å². The number of primary sulfonamides is 1. The van der Waals surface area contributed by atoms with E-state index >= 15 is 0 Å². The van der Waals surface area contributed by atoms with Crippen LogP contribution in [-0.4, -0.2) is 44.7 Å². The predicted molar refractivity (Wildman–Crippen MR) is 47.3 cm³/mol. The third-order valence-corrected chi connectivity index (χ3v) is 3.20. The van der Waals surface area contributed by atoms with E-state index in [0.717, 1.165) is 0 Å². The molecule has 1 aliphatic heterocycles. The Morgan fingerprint density at radius 1 is 1.62 bits per heavy atom. The van der Waals surface area contributed by atoms with Gasteiger partial charge in [0.1, 0.15) is 5.25 Å². The molecule has 0 aromatic carbocycles. The van der Waals surface area contributed by atoms with Crippen molar-refractivity contribution in [2.45, 2.75) is 5.25 Å². The number of nitrogens with two attached hydrogens (primary N) is 1. The molecule has 0 unspecified atom stereocenters. The summed E-state index contributed by atoms with van der Waals surface area (Å²) in [5, 5.41) is 7.81. The first-order valence-electron chi connectivity index (χ1n) is 3.79. The van der Waals surface area contributed by atoms with Gasteiger partial charge in [0.2, 0.25) is 10.0 Å². The van der Waals surface area contributed by atoms with E-state index in [0.29, 0.717) is 26.2 Å². The molecule has 1 rings (SSSR count). The molecule has 1 aliphatic rings.